The lowest BCUT2D eigenvalue weighted by Crippen LogP contribution is -2.30. The average Bonchev–Trinajstić information content (AvgIpc) is 2.67. The van der Waals surface area contributed by atoms with E-state index in [4.69, 9.17) is 0 Å². The molecule has 0 radical (unpaired) electrons. The summed E-state index contributed by atoms with van der Waals surface area (Å²) in [4.78, 5) is 14.3. The monoisotopic (exact) mass is 341 g/mol. The van der Waals surface area contributed by atoms with Gasteiger partial charge in [-0.1, -0.05) is 18.2 Å². The van der Waals surface area contributed by atoms with Crippen molar-refractivity contribution in [3.63, 3.8) is 0 Å². The molecule has 2 N–H and O–H groups in total. The molecule has 0 saturated carbocycles. The molecule has 5 heteroatoms. The maximum absolute atomic E-state index is 13.5. The van der Waals surface area contributed by atoms with Gasteiger partial charge in [0.15, 0.2) is 0 Å². The van der Waals surface area contributed by atoms with Crippen LogP contribution in [0.4, 0.5) is 15.8 Å². The minimum Gasteiger partial charge on any atom is -0.376 e. The van der Waals surface area contributed by atoms with Gasteiger partial charge in [0, 0.05) is 36.6 Å². The van der Waals surface area contributed by atoms with Gasteiger partial charge in [0.2, 0.25) is 5.91 Å². The van der Waals surface area contributed by atoms with Crippen molar-refractivity contribution in [3.05, 3.63) is 59.9 Å². The summed E-state index contributed by atoms with van der Waals surface area (Å²) in [5.74, 6) is -0.465. The van der Waals surface area contributed by atoms with Crippen LogP contribution in [0.3, 0.4) is 0 Å². The second kappa shape index (κ2) is 8.51. The van der Waals surface area contributed by atoms with Crippen LogP contribution in [-0.4, -0.2) is 25.5 Å². The van der Waals surface area contributed by atoms with Gasteiger partial charge in [-0.15, -0.1) is 0 Å². The van der Waals surface area contributed by atoms with Gasteiger partial charge in [0.1, 0.15) is 5.82 Å². The van der Waals surface area contributed by atoms with Crippen molar-refractivity contribution in [2.24, 2.45) is 0 Å². The van der Waals surface area contributed by atoms with Crippen LogP contribution in [0.1, 0.15) is 24.8 Å². The number of hydrogen-bond donors (Lipinski definition) is 2. The molecule has 0 spiro atoms. The zero-order valence-corrected chi connectivity index (χ0v) is 14.3. The zero-order chi connectivity index (χ0) is 17.5. The van der Waals surface area contributed by atoms with Crippen molar-refractivity contribution >= 4 is 17.3 Å². The second-order valence-corrected chi connectivity index (χ2v) is 6.32. The van der Waals surface area contributed by atoms with Gasteiger partial charge in [0.25, 0.3) is 0 Å². The van der Waals surface area contributed by atoms with Crippen LogP contribution >= 0.6 is 0 Å². The van der Waals surface area contributed by atoms with E-state index in [0.29, 0.717) is 5.56 Å². The summed E-state index contributed by atoms with van der Waals surface area (Å²) in [5.41, 5.74) is 2.62. The minimum atomic E-state index is -0.302. The molecule has 1 heterocycles. The van der Waals surface area contributed by atoms with Crippen LogP contribution < -0.4 is 15.5 Å². The van der Waals surface area contributed by atoms with Gasteiger partial charge in [0.05, 0.1) is 6.54 Å². The third-order valence-electron chi connectivity index (χ3n) is 4.48. The Bertz CT molecular complexity index is 696. The first-order chi connectivity index (χ1) is 12.2. The van der Waals surface area contributed by atoms with Crippen molar-refractivity contribution in [1.29, 1.82) is 0 Å². The normalized spacial score (nSPS) is 14.2. The number of anilines is 2. The number of nitrogens with zero attached hydrogens (tertiary/aromatic N) is 1. The van der Waals surface area contributed by atoms with E-state index in [1.165, 1.54) is 31.0 Å². The maximum Gasteiger partial charge on any atom is 0.239 e. The smallest absolute Gasteiger partial charge is 0.239 e. The van der Waals surface area contributed by atoms with Crippen LogP contribution in [-0.2, 0) is 11.3 Å². The molecular formula is C20H24FN3O. The summed E-state index contributed by atoms with van der Waals surface area (Å²) < 4.78 is 13.5. The van der Waals surface area contributed by atoms with E-state index < -0.39 is 0 Å². The van der Waals surface area contributed by atoms with Crippen molar-refractivity contribution in [1.82, 2.24) is 5.32 Å². The van der Waals surface area contributed by atoms with E-state index >= 15 is 0 Å². The molecule has 4 nitrogen and oxygen atoms in total. The molecule has 1 aliphatic heterocycles. The number of carbonyl (C=O) groups is 1. The molecule has 2 aromatic rings. The molecule has 25 heavy (non-hydrogen) atoms. The lowest BCUT2D eigenvalue weighted by molar-refractivity contribution is -0.119. The van der Waals surface area contributed by atoms with Gasteiger partial charge in [-0.25, -0.2) is 4.39 Å². The molecular weight excluding hydrogens is 317 g/mol. The molecule has 1 amide bonds. The largest absolute Gasteiger partial charge is 0.376 e. The Labute approximate surface area is 148 Å². The Morgan fingerprint density at radius 2 is 1.72 bits per heavy atom. The summed E-state index contributed by atoms with van der Waals surface area (Å²) in [6.45, 7) is 2.59. The Hall–Kier alpha value is -2.56. The number of hydrogen-bond acceptors (Lipinski definition) is 3. The average molecular weight is 341 g/mol. The molecule has 1 saturated heterocycles. The summed E-state index contributed by atoms with van der Waals surface area (Å²) in [6.07, 6.45) is 3.82. The highest BCUT2D eigenvalue weighted by molar-refractivity contribution is 5.80. The summed E-state index contributed by atoms with van der Waals surface area (Å²) in [6, 6.07) is 14.6. The number of amides is 1. The van der Waals surface area contributed by atoms with Crippen molar-refractivity contribution in [2.75, 3.05) is 29.9 Å². The maximum atomic E-state index is 13.5. The Morgan fingerprint density at radius 3 is 2.44 bits per heavy atom. The summed E-state index contributed by atoms with van der Waals surface area (Å²) in [5, 5.41) is 5.82. The predicted octanol–water partition coefficient (Wildman–Crippen LogP) is 3.54. The highest BCUT2D eigenvalue weighted by Gasteiger charge is 2.10. The Morgan fingerprint density at radius 1 is 1.00 bits per heavy atom. The van der Waals surface area contributed by atoms with Crippen LogP contribution in [0, 0.1) is 5.82 Å². The number of rotatable bonds is 6. The van der Waals surface area contributed by atoms with Gasteiger partial charge in [-0.2, -0.15) is 0 Å². The molecule has 2 aromatic carbocycles. The topological polar surface area (TPSA) is 44.4 Å². The highest BCUT2D eigenvalue weighted by Crippen LogP contribution is 2.21. The number of nitrogens with one attached hydrogen (secondary N) is 2. The predicted molar refractivity (Wildman–Crippen MR) is 99.2 cm³/mol. The summed E-state index contributed by atoms with van der Waals surface area (Å²) >= 11 is 0. The van der Waals surface area contributed by atoms with Crippen LogP contribution in [0.25, 0.3) is 0 Å². The lowest BCUT2D eigenvalue weighted by Gasteiger charge is -2.28. The molecule has 1 fully saturated rings. The first kappa shape index (κ1) is 17.3. The minimum absolute atomic E-state index is 0.164. The molecule has 3 rings (SSSR count). The first-order valence-corrected chi connectivity index (χ1v) is 8.81. The van der Waals surface area contributed by atoms with Gasteiger partial charge < -0.3 is 15.5 Å². The fourth-order valence-electron chi connectivity index (χ4n) is 3.02. The van der Waals surface area contributed by atoms with Gasteiger partial charge in [-0.05, 0) is 49.6 Å². The Balaban J connectivity index is 1.44. The van der Waals surface area contributed by atoms with Crippen LogP contribution in [0.2, 0.25) is 0 Å². The molecule has 1 aliphatic rings. The van der Waals surface area contributed by atoms with Gasteiger partial charge >= 0.3 is 0 Å². The third-order valence-corrected chi connectivity index (χ3v) is 4.48. The molecule has 0 aromatic heterocycles. The van der Waals surface area contributed by atoms with Crippen molar-refractivity contribution in [2.45, 2.75) is 25.8 Å². The zero-order valence-electron chi connectivity index (χ0n) is 14.3. The SMILES string of the molecule is O=C(CNc1ccc(N2CCCCC2)cc1)NCc1ccccc1F. The fraction of sp³-hybridized carbons (Fsp3) is 0.350. The number of halogens is 1. The number of benzene rings is 2. The standard InChI is InChI=1S/C20H24FN3O/c21-19-7-3-2-6-16(19)14-23-20(25)15-22-17-8-10-18(11-9-17)24-12-4-1-5-13-24/h2-3,6-11,22H,1,4-5,12-15H2,(H,23,25). The highest BCUT2D eigenvalue weighted by atomic mass is 19.1. The lowest BCUT2D eigenvalue weighted by atomic mass is 10.1. The fourth-order valence-corrected chi connectivity index (χ4v) is 3.02. The van der Waals surface area contributed by atoms with Gasteiger partial charge in [-0.3, -0.25) is 4.79 Å². The molecule has 132 valence electrons. The quantitative estimate of drug-likeness (QED) is 0.845. The first-order valence-electron chi connectivity index (χ1n) is 8.81. The van der Waals surface area contributed by atoms with E-state index in [0.717, 1.165) is 18.8 Å². The molecule has 0 unspecified atom stereocenters. The van der Waals surface area contributed by atoms with E-state index in [9.17, 15) is 9.18 Å². The van der Waals surface area contributed by atoms with E-state index in [-0.39, 0.29) is 24.8 Å². The second-order valence-electron chi connectivity index (χ2n) is 6.32. The van der Waals surface area contributed by atoms with E-state index in [2.05, 4.69) is 27.7 Å². The van der Waals surface area contributed by atoms with Crippen molar-refractivity contribution < 1.29 is 9.18 Å². The van der Waals surface area contributed by atoms with Crippen molar-refractivity contribution in [3.8, 4) is 0 Å². The molecule has 0 bridgehead atoms. The third kappa shape index (κ3) is 4.95. The number of carbonyl (C=O) groups excluding carboxylic acids is 1. The Kier molecular flexibility index (Phi) is 5.88. The van der Waals surface area contributed by atoms with E-state index in [1.807, 2.05) is 12.1 Å². The molecule has 0 aliphatic carbocycles. The van der Waals surface area contributed by atoms with E-state index in [1.54, 1.807) is 18.2 Å². The summed E-state index contributed by atoms with van der Waals surface area (Å²) in [7, 11) is 0. The van der Waals surface area contributed by atoms with Crippen LogP contribution in [0.5, 0.6) is 0 Å². The number of piperidine rings is 1. The van der Waals surface area contributed by atoms with Crippen LogP contribution in [0.15, 0.2) is 48.5 Å². The molecule has 0 atom stereocenters.